The van der Waals surface area contributed by atoms with E-state index >= 15 is 0 Å². The average molecular weight is 360 g/mol. The number of nitrogens with one attached hydrogen (secondary N) is 1. The number of imidazole rings is 1. The van der Waals surface area contributed by atoms with Crippen molar-refractivity contribution < 1.29 is 0 Å². The standard InChI is InChI=1S/C19H20N8/c1-12-7-13(2)27(25-12)16-6-3-14(8-20-16)9-21-18-17-19(23-10-22-18)26(11-24-17)15-4-5-15/h3,6-8,10-11,15H,4-5,9H2,1-2H3,(H,21,22,23). The first-order valence-electron chi connectivity index (χ1n) is 9.09. The van der Waals surface area contributed by atoms with Gasteiger partial charge in [0.2, 0.25) is 0 Å². The molecule has 0 amide bonds. The zero-order chi connectivity index (χ0) is 18.4. The van der Waals surface area contributed by atoms with Crippen LogP contribution < -0.4 is 5.32 Å². The first kappa shape index (κ1) is 15.9. The van der Waals surface area contributed by atoms with E-state index in [1.807, 2.05) is 49.3 Å². The summed E-state index contributed by atoms with van der Waals surface area (Å²) in [5, 5.41) is 7.83. The van der Waals surface area contributed by atoms with Crippen molar-refractivity contribution >= 4 is 17.0 Å². The largest absolute Gasteiger partial charge is 0.364 e. The molecule has 27 heavy (non-hydrogen) atoms. The van der Waals surface area contributed by atoms with Crippen LogP contribution in [0.2, 0.25) is 0 Å². The molecule has 8 nitrogen and oxygen atoms in total. The summed E-state index contributed by atoms with van der Waals surface area (Å²) in [6.45, 7) is 4.62. The highest BCUT2D eigenvalue weighted by atomic mass is 15.3. The van der Waals surface area contributed by atoms with Crippen molar-refractivity contribution in [1.29, 1.82) is 0 Å². The van der Waals surface area contributed by atoms with E-state index < -0.39 is 0 Å². The van der Waals surface area contributed by atoms with E-state index in [1.54, 1.807) is 6.33 Å². The molecule has 0 saturated heterocycles. The maximum Gasteiger partial charge on any atom is 0.165 e. The molecule has 0 radical (unpaired) electrons. The maximum absolute atomic E-state index is 4.54. The molecule has 136 valence electrons. The SMILES string of the molecule is Cc1cc(C)n(-c2ccc(CNc3ncnc4c3ncn4C3CC3)cn2)n1. The fourth-order valence-corrected chi connectivity index (χ4v) is 3.29. The first-order chi connectivity index (χ1) is 13.2. The monoisotopic (exact) mass is 360 g/mol. The number of fused-ring (bicyclic) bond motifs is 1. The number of pyridine rings is 1. The van der Waals surface area contributed by atoms with Crippen LogP contribution in [0, 0.1) is 13.8 Å². The van der Waals surface area contributed by atoms with Gasteiger partial charge < -0.3 is 9.88 Å². The molecule has 0 bridgehead atoms. The van der Waals surface area contributed by atoms with Gasteiger partial charge in [-0.05, 0) is 44.4 Å². The van der Waals surface area contributed by atoms with Gasteiger partial charge in [-0.15, -0.1) is 0 Å². The van der Waals surface area contributed by atoms with Crippen LogP contribution in [0.25, 0.3) is 17.0 Å². The van der Waals surface area contributed by atoms with Gasteiger partial charge in [0.1, 0.15) is 11.8 Å². The topological polar surface area (TPSA) is 86.3 Å². The quantitative estimate of drug-likeness (QED) is 0.589. The molecule has 0 aromatic carbocycles. The molecule has 5 rings (SSSR count). The minimum absolute atomic E-state index is 0.545. The fraction of sp³-hybridized carbons (Fsp3) is 0.316. The second-order valence-corrected chi connectivity index (χ2v) is 6.99. The lowest BCUT2D eigenvalue weighted by atomic mass is 10.3. The third-order valence-electron chi connectivity index (χ3n) is 4.79. The Morgan fingerprint density at radius 2 is 2.00 bits per heavy atom. The summed E-state index contributed by atoms with van der Waals surface area (Å²) in [6, 6.07) is 6.61. The minimum atomic E-state index is 0.545. The van der Waals surface area contributed by atoms with Crippen molar-refractivity contribution in [3.8, 4) is 5.82 Å². The van der Waals surface area contributed by atoms with E-state index in [1.165, 1.54) is 12.8 Å². The number of aromatic nitrogens is 7. The van der Waals surface area contributed by atoms with Gasteiger partial charge in [-0.2, -0.15) is 5.10 Å². The van der Waals surface area contributed by atoms with E-state index in [0.717, 1.165) is 39.8 Å². The van der Waals surface area contributed by atoms with Gasteiger partial charge in [-0.25, -0.2) is 24.6 Å². The molecule has 1 saturated carbocycles. The molecule has 0 unspecified atom stereocenters. The number of hydrogen-bond acceptors (Lipinski definition) is 6. The second kappa shape index (κ2) is 6.15. The number of aryl methyl sites for hydroxylation is 2. The Hall–Kier alpha value is -3.29. The van der Waals surface area contributed by atoms with Crippen molar-refractivity contribution in [2.75, 3.05) is 5.32 Å². The molecule has 1 aliphatic rings. The maximum atomic E-state index is 4.54. The highest BCUT2D eigenvalue weighted by Crippen LogP contribution is 2.37. The lowest BCUT2D eigenvalue weighted by molar-refractivity contribution is 0.756. The van der Waals surface area contributed by atoms with Crippen molar-refractivity contribution in [1.82, 2.24) is 34.3 Å². The van der Waals surface area contributed by atoms with Gasteiger partial charge in [-0.1, -0.05) is 6.07 Å². The predicted octanol–water partition coefficient (Wildman–Crippen LogP) is 2.97. The van der Waals surface area contributed by atoms with E-state index in [4.69, 9.17) is 0 Å². The van der Waals surface area contributed by atoms with Crippen LogP contribution in [0.15, 0.2) is 37.1 Å². The molecule has 0 atom stereocenters. The minimum Gasteiger partial charge on any atom is -0.364 e. The Kier molecular flexibility index (Phi) is 3.63. The molecule has 1 N–H and O–H groups in total. The molecule has 1 fully saturated rings. The Bertz CT molecular complexity index is 1100. The van der Waals surface area contributed by atoms with Crippen LogP contribution in [-0.2, 0) is 6.54 Å². The van der Waals surface area contributed by atoms with E-state index in [9.17, 15) is 0 Å². The summed E-state index contributed by atoms with van der Waals surface area (Å²) in [7, 11) is 0. The van der Waals surface area contributed by atoms with E-state index in [2.05, 4.69) is 34.9 Å². The smallest absolute Gasteiger partial charge is 0.165 e. The van der Waals surface area contributed by atoms with Crippen LogP contribution in [0.1, 0.15) is 35.8 Å². The van der Waals surface area contributed by atoms with Crippen molar-refractivity contribution in [2.24, 2.45) is 0 Å². The molecular formula is C19H20N8. The zero-order valence-electron chi connectivity index (χ0n) is 15.3. The summed E-state index contributed by atoms with van der Waals surface area (Å²) < 4.78 is 4.00. The summed E-state index contributed by atoms with van der Waals surface area (Å²) in [6.07, 6.45) is 7.72. The van der Waals surface area contributed by atoms with Crippen LogP contribution in [0.4, 0.5) is 5.82 Å². The Morgan fingerprint density at radius 3 is 2.70 bits per heavy atom. The zero-order valence-corrected chi connectivity index (χ0v) is 15.3. The van der Waals surface area contributed by atoms with Crippen LogP contribution in [-0.4, -0.2) is 34.3 Å². The van der Waals surface area contributed by atoms with Gasteiger partial charge >= 0.3 is 0 Å². The average Bonchev–Trinajstić information content (AvgIpc) is 3.33. The normalized spacial score (nSPS) is 14.0. The summed E-state index contributed by atoms with van der Waals surface area (Å²) in [4.78, 5) is 17.8. The van der Waals surface area contributed by atoms with Crippen molar-refractivity contribution in [3.05, 3.63) is 54.0 Å². The van der Waals surface area contributed by atoms with Gasteiger partial charge in [0.05, 0.1) is 12.0 Å². The van der Waals surface area contributed by atoms with Crippen LogP contribution in [0.3, 0.4) is 0 Å². The summed E-state index contributed by atoms with van der Waals surface area (Å²) in [5.41, 5.74) is 4.83. The Morgan fingerprint density at radius 1 is 1.11 bits per heavy atom. The number of hydrogen-bond donors (Lipinski definition) is 1. The highest BCUT2D eigenvalue weighted by Gasteiger charge is 2.26. The van der Waals surface area contributed by atoms with Gasteiger partial charge in [0.15, 0.2) is 17.3 Å². The Balaban J connectivity index is 1.34. The highest BCUT2D eigenvalue weighted by molar-refractivity contribution is 5.82. The molecule has 4 aromatic heterocycles. The number of nitrogens with zero attached hydrogens (tertiary/aromatic N) is 7. The third-order valence-corrected chi connectivity index (χ3v) is 4.79. The molecule has 0 spiro atoms. The van der Waals surface area contributed by atoms with E-state index in [0.29, 0.717) is 12.6 Å². The summed E-state index contributed by atoms with van der Waals surface area (Å²) in [5.74, 6) is 1.57. The van der Waals surface area contributed by atoms with Crippen LogP contribution in [0.5, 0.6) is 0 Å². The lowest BCUT2D eigenvalue weighted by Crippen LogP contribution is -2.05. The van der Waals surface area contributed by atoms with Gasteiger partial charge in [-0.3, -0.25) is 0 Å². The lowest BCUT2D eigenvalue weighted by Gasteiger charge is -2.08. The number of anilines is 1. The van der Waals surface area contributed by atoms with Gasteiger partial charge in [0, 0.05) is 24.5 Å². The second-order valence-electron chi connectivity index (χ2n) is 6.99. The Labute approximate surface area is 156 Å². The number of rotatable bonds is 5. The predicted molar refractivity (Wildman–Crippen MR) is 102 cm³/mol. The molecule has 8 heteroatoms. The van der Waals surface area contributed by atoms with E-state index in [-0.39, 0.29) is 0 Å². The first-order valence-corrected chi connectivity index (χ1v) is 9.09. The molecule has 4 aromatic rings. The van der Waals surface area contributed by atoms with Crippen molar-refractivity contribution in [3.63, 3.8) is 0 Å². The molecule has 0 aliphatic heterocycles. The molecular weight excluding hydrogens is 340 g/mol. The van der Waals surface area contributed by atoms with Crippen molar-refractivity contribution in [2.45, 2.75) is 39.3 Å². The van der Waals surface area contributed by atoms with Crippen LogP contribution >= 0.6 is 0 Å². The molecule has 1 aliphatic carbocycles. The third kappa shape index (κ3) is 2.92. The molecule has 4 heterocycles. The summed E-state index contributed by atoms with van der Waals surface area (Å²) >= 11 is 0. The van der Waals surface area contributed by atoms with Gasteiger partial charge in [0.25, 0.3) is 0 Å². The fourth-order valence-electron chi connectivity index (χ4n) is 3.29.